The maximum Gasteiger partial charge on any atom is 0.261 e. The van der Waals surface area contributed by atoms with Crippen molar-refractivity contribution < 1.29 is 18.0 Å². The molecule has 1 saturated heterocycles. The number of aryl methyl sites for hydroxylation is 1. The molecule has 0 radical (unpaired) electrons. The highest BCUT2D eigenvalue weighted by molar-refractivity contribution is 7.89. The fourth-order valence-electron chi connectivity index (χ4n) is 4.59. The van der Waals surface area contributed by atoms with Gasteiger partial charge in [0.15, 0.2) is 0 Å². The van der Waals surface area contributed by atoms with Crippen LogP contribution in [0.1, 0.15) is 39.1 Å². The van der Waals surface area contributed by atoms with Gasteiger partial charge in [-0.2, -0.15) is 4.31 Å². The Hall–Kier alpha value is -2.51. The summed E-state index contributed by atoms with van der Waals surface area (Å²) in [6.07, 6.45) is 1.70. The average molecular weight is 410 g/mol. The largest absolute Gasteiger partial charge is 0.273 e. The molecule has 3 aliphatic rings. The number of rotatable bonds is 4. The molecule has 2 aromatic carbocycles. The monoisotopic (exact) mass is 410 g/mol. The number of benzene rings is 2. The Morgan fingerprint density at radius 3 is 2.14 bits per heavy atom. The summed E-state index contributed by atoms with van der Waals surface area (Å²) >= 11 is 0. The third-order valence-corrected chi connectivity index (χ3v) is 8.30. The minimum atomic E-state index is -3.69. The molecule has 6 nitrogen and oxygen atoms in total. The maximum atomic E-state index is 13.4. The van der Waals surface area contributed by atoms with Crippen molar-refractivity contribution in [1.82, 2.24) is 9.21 Å². The highest BCUT2D eigenvalue weighted by atomic mass is 32.2. The number of sulfonamides is 1. The van der Waals surface area contributed by atoms with Crippen LogP contribution >= 0.6 is 0 Å². The number of carbonyl (C=O) groups is 2. The SMILES string of the molecule is Cc1ccc(S(=O)(=O)N2C[C@@H]3C[C@@H]3C[C@H]2CN2C(=O)c3ccccc3C2=O)cc1. The lowest BCUT2D eigenvalue weighted by atomic mass is 10.0. The smallest absolute Gasteiger partial charge is 0.261 e. The van der Waals surface area contributed by atoms with E-state index in [1.54, 1.807) is 48.5 Å². The Bertz CT molecular complexity index is 1070. The molecule has 0 aromatic heterocycles. The van der Waals surface area contributed by atoms with Gasteiger partial charge in [0.05, 0.1) is 16.0 Å². The van der Waals surface area contributed by atoms with Crippen LogP contribution in [-0.4, -0.2) is 48.6 Å². The normalized spacial score (nSPS) is 26.4. The van der Waals surface area contributed by atoms with E-state index in [1.807, 2.05) is 6.92 Å². The number of piperidine rings is 1. The van der Waals surface area contributed by atoms with Gasteiger partial charge in [-0.1, -0.05) is 29.8 Å². The Labute approximate surface area is 170 Å². The van der Waals surface area contributed by atoms with Crippen molar-refractivity contribution >= 4 is 21.8 Å². The fraction of sp³-hybridized carbons (Fsp3) is 0.364. The number of hydrogen-bond acceptors (Lipinski definition) is 4. The van der Waals surface area contributed by atoms with Crippen molar-refractivity contribution in [1.29, 1.82) is 0 Å². The molecule has 2 aromatic rings. The van der Waals surface area contributed by atoms with Crippen molar-refractivity contribution in [2.24, 2.45) is 11.8 Å². The Kier molecular flexibility index (Phi) is 4.15. The summed E-state index contributed by atoms with van der Waals surface area (Å²) in [5.41, 5.74) is 1.78. The van der Waals surface area contributed by atoms with E-state index >= 15 is 0 Å². The fourth-order valence-corrected chi connectivity index (χ4v) is 6.27. The van der Waals surface area contributed by atoms with Crippen LogP contribution in [0.3, 0.4) is 0 Å². The summed E-state index contributed by atoms with van der Waals surface area (Å²) in [5, 5.41) is 0. The lowest BCUT2D eigenvalue weighted by Gasteiger charge is -2.36. The van der Waals surface area contributed by atoms with Crippen LogP contribution in [0.25, 0.3) is 0 Å². The topological polar surface area (TPSA) is 74.8 Å². The molecule has 150 valence electrons. The van der Waals surface area contributed by atoms with Gasteiger partial charge < -0.3 is 0 Å². The van der Waals surface area contributed by atoms with Crippen LogP contribution in [0, 0.1) is 18.8 Å². The van der Waals surface area contributed by atoms with Gasteiger partial charge in [0.2, 0.25) is 10.0 Å². The first-order valence-corrected chi connectivity index (χ1v) is 11.3. The van der Waals surface area contributed by atoms with E-state index < -0.39 is 16.1 Å². The van der Waals surface area contributed by atoms with E-state index in [2.05, 4.69) is 0 Å². The molecule has 1 aliphatic carbocycles. The van der Waals surface area contributed by atoms with Gasteiger partial charge in [-0.15, -0.1) is 0 Å². The second-order valence-electron chi connectivity index (χ2n) is 8.30. The minimum Gasteiger partial charge on any atom is -0.273 e. The lowest BCUT2D eigenvalue weighted by molar-refractivity contribution is 0.0603. The first kappa shape index (κ1) is 18.5. The molecule has 0 N–H and O–H groups in total. The van der Waals surface area contributed by atoms with Gasteiger partial charge in [0, 0.05) is 19.1 Å². The van der Waals surface area contributed by atoms with Crippen molar-refractivity contribution in [2.45, 2.75) is 30.7 Å². The molecule has 1 saturated carbocycles. The molecule has 0 unspecified atom stereocenters. The summed E-state index contributed by atoms with van der Waals surface area (Å²) in [6.45, 7) is 2.46. The highest BCUT2D eigenvalue weighted by Crippen LogP contribution is 2.48. The van der Waals surface area contributed by atoms with Gasteiger partial charge in [0.1, 0.15) is 0 Å². The number of imide groups is 1. The highest BCUT2D eigenvalue weighted by Gasteiger charge is 2.51. The molecule has 2 fully saturated rings. The summed E-state index contributed by atoms with van der Waals surface area (Å²) < 4.78 is 28.3. The Morgan fingerprint density at radius 1 is 0.897 bits per heavy atom. The molecular weight excluding hydrogens is 388 g/mol. The molecule has 2 heterocycles. The van der Waals surface area contributed by atoms with Gasteiger partial charge in [-0.25, -0.2) is 8.42 Å². The molecular formula is C22H22N2O4S. The molecule has 7 heteroatoms. The number of fused-ring (bicyclic) bond motifs is 2. The second-order valence-corrected chi connectivity index (χ2v) is 10.2. The van der Waals surface area contributed by atoms with Crippen LogP contribution < -0.4 is 0 Å². The number of hydrogen-bond donors (Lipinski definition) is 0. The van der Waals surface area contributed by atoms with Gasteiger partial charge in [-0.05, 0) is 55.9 Å². The third kappa shape index (κ3) is 3.00. The van der Waals surface area contributed by atoms with E-state index in [0.29, 0.717) is 35.9 Å². The Morgan fingerprint density at radius 2 is 1.52 bits per heavy atom. The predicted octanol–water partition coefficient (Wildman–Crippen LogP) is 2.69. The van der Waals surface area contributed by atoms with Crippen LogP contribution in [0.5, 0.6) is 0 Å². The van der Waals surface area contributed by atoms with Crippen molar-refractivity contribution in [3.63, 3.8) is 0 Å². The predicted molar refractivity (Wildman–Crippen MR) is 107 cm³/mol. The Balaban J connectivity index is 1.45. The van der Waals surface area contributed by atoms with Crippen molar-refractivity contribution in [2.75, 3.05) is 13.1 Å². The minimum absolute atomic E-state index is 0.0979. The number of nitrogens with zero attached hydrogens (tertiary/aromatic N) is 2. The zero-order valence-electron chi connectivity index (χ0n) is 16.1. The average Bonchev–Trinajstić information content (AvgIpc) is 3.44. The summed E-state index contributed by atoms with van der Waals surface area (Å²) in [6, 6.07) is 13.2. The van der Waals surface area contributed by atoms with Crippen LogP contribution in [0.4, 0.5) is 0 Å². The first-order chi connectivity index (χ1) is 13.9. The first-order valence-electron chi connectivity index (χ1n) is 9.90. The third-order valence-electron chi connectivity index (χ3n) is 6.36. The van der Waals surface area contributed by atoms with E-state index in [0.717, 1.165) is 12.0 Å². The maximum absolute atomic E-state index is 13.4. The summed E-state index contributed by atoms with van der Waals surface area (Å²) in [4.78, 5) is 27.0. The zero-order valence-corrected chi connectivity index (χ0v) is 16.9. The van der Waals surface area contributed by atoms with E-state index in [9.17, 15) is 18.0 Å². The van der Waals surface area contributed by atoms with E-state index in [1.165, 1.54) is 9.21 Å². The van der Waals surface area contributed by atoms with Gasteiger partial charge >= 0.3 is 0 Å². The molecule has 2 aliphatic heterocycles. The van der Waals surface area contributed by atoms with Crippen LogP contribution in [0.2, 0.25) is 0 Å². The molecule has 2 amide bonds. The molecule has 0 bridgehead atoms. The van der Waals surface area contributed by atoms with Crippen molar-refractivity contribution in [3.05, 3.63) is 65.2 Å². The van der Waals surface area contributed by atoms with Gasteiger partial charge in [0.25, 0.3) is 11.8 Å². The lowest BCUT2D eigenvalue weighted by Crippen LogP contribution is -2.51. The molecule has 5 rings (SSSR count). The summed E-state index contributed by atoms with van der Waals surface area (Å²) in [5.74, 6) is 0.195. The number of carbonyl (C=O) groups excluding carboxylic acids is 2. The molecule has 29 heavy (non-hydrogen) atoms. The van der Waals surface area contributed by atoms with E-state index in [4.69, 9.17) is 0 Å². The zero-order chi connectivity index (χ0) is 20.3. The summed E-state index contributed by atoms with van der Waals surface area (Å²) in [7, 11) is -3.69. The second kappa shape index (κ2) is 6.50. The van der Waals surface area contributed by atoms with Crippen LogP contribution in [-0.2, 0) is 10.0 Å². The standard InChI is InChI=1S/C22H22N2O4S/c1-14-6-8-18(9-7-14)29(27,28)24-12-16-10-15(16)11-17(24)13-23-21(25)19-4-2-3-5-20(19)22(23)26/h2-9,15-17H,10-13H2,1H3/t15-,16+,17+/m1/s1. The van der Waals surface area contributed by atoms with Crippen LogP contribution in [0.15, 0.2) is 53.4 Å². The quantitative estimate of drug-likeness (QED) is 0.727. The number of amides is 2. The molecule has 3 atom stereocenters. The molecule has 0 spiro atoms. The van der Waals surface area contributed by atoms with Crippen molar-refractivity contribution in [3.8, 4) is 0 Å². The van der Waals surface area contributed by atoms with Gasteiger partial charge in [-0.3, -0.25) is 14.5 Å². The van der Waals surface area contributed by atoms with E-state index in [-0.39, 0.29) is 23.3 Å².